The average molecular weight is 436 g/mol. The fourth-order valence-corrected chi connectivity index (χ4v) is 5.62. The van der Waals surface area contributed by atoms with Gasteiger partial charge in [0.25, 0.3) is 5.91 Å². The third kappa shape index (κ3) is 3.60. The molecule has 4 nitrogen and oxygen atoms in total. The lowest BCUT2D eigenvalue weighted by molar-refractivity contribution is 0.0853. The highest BCUT2D eigenvalue weighted by Gasteiger charge is 2.25. The van der Waals surface area contributed by atoms with E-state index in [2.05, 4.69) is 42.2 Å². The minimum absolute atomic E-state index is 0.251. The van der Waals surface area contributed by atoms with Crippen LogP contribution in [0.4, 0.5) is 5.69 Å². The van der Waals surface area contributed by atoms with E-state index in [4.69, 9.17) is 4.74 Å². The zero-order chi connectivity index (χ0) is 20.7. The van der Waals surface area contributed by atoms with E-state index in [1.54, 1.807) is 18.2 Å². The summed E-state index contributed by atoms with van der Waals surface area (Å²) in [6, 6.07) is 19.4. The van der Waals surface area contributed by atoms with Crippen LogP contribution in [0.1, 0.15) is 34.7 Å². The Bertz CT molecular complexity index is 1170. The van der Waals surface area contributed by atoms with E-state index in [0.717, 1.165) is 37.2 Å². The number of carbonyl (C=O) groups excluding carboxylic acids is 1. The predicted octanol–water partition coefficient (Wildman–Crippen LogP) is 5.27. The van der Waals surface area contributed by atoms with Crippen LogP contribution in [0, 0.1) is 0 Å². The van der Waals surface area contributed by atoms with Crippen LogP contribution in [0.25, 0.3) is 11.1 Å². The topological polar surface area (TPSA) is 55.4 Å². The van der Waals surface area contributed by atoms with Crippen molar-refractivity contribution in [3.05, 3.63) is 71.8 Å². The number of hydrogen-bond donors (Lipinski definition) is 2. The van der Waals surface area contributed by atoms with Gasteiger partial charge in [-0.2, -0.15) is 0 Å². The average Bonchev–Trinajstić information content (AvgIpc) is 2.88. The van der Waals surface area contributed by atoms with Crippen LogP contribution in [0.3, 0.4) is 0 Å². The minimum Gasteiger partial charge on any atom is -0.381 e. The van der Waals surface area contributed by atoms with Gasteiger partial charge in [0.05, 0.1) is 31.8 Å². The van der Waals surface area contributed by atoms with Gasteiger partial charge in [0.2, 0.25) is 0 Å². The molecule has 0 saturated carbocycles. The predicted molar refractivity (Wildman–Crippen MR) is 121 cm³/mol. The molecule has 0 aliphatic carbocycles. The van der Waals surface area contributed by atoms with Gasteiger partial charge in [-0.15, -0.1) is 12.6 Å². The van der Waals surface area contributed by atoms with Gasteiger partial charge in [-0.1, -0.05) is 30.3 Å². The van der Waals surface area contributed by atoms with Crippen molar-refractivity contribution in [2.24, 2.45) is 0 Å². The molecule has 6 heteroatoms. The Hall–Kier alpha value is -2.41. The van der Waals surface area contributed by atoms with Gasteiger partial charge in [0.1, 0.15) is 0 Å². The van der Waals surface area contributed by atoms with E-state index < -0.39 is 10.8 Å². The van der Waals surface area contributed by atoms with E-state index in [9.17, 15) is 9.00 Å². The summed E-state index contributed by atoms with van der Waals surface area (Å²) in [6.45, 7) is 1.60. The first-order valence-corrected chi connectivity index (χ1v) is 11.6. The Balaban J connectivity index is 1.54. The van der Waals surface area contributed by atoms with E-state index in [1.165, 1.54) is 5.56 Å². The maximum Gasteiger partial charge on any atom is 0.256 e. The summed E-state index contributed by atoms with van der Waals surface area (Å²) in [4.78, 5) is 14.8. The summed E-state index contributed by atoms with van der Waals surface area (Å²) in [7, 11) is -1.44. The first-order valence-electron chi connectivity index (χ1n) is 9.98. The number of benzene rings is 3. The molecule has 2 heterocycles. The van der Waals surface area contributed by atoms with Crippen molar-refractivity contribution in [3.8, 4) is 11.1 Å². The van der Waals surface area contributed by atoms with Crippen LogP contribution in [0.2, 0.25) is 0 Å². The molecule has 1 unspecified atom stereocenters. The molecule has 2 aliphatic heterocycles. The van der Waals surface area contributed by atoms with Gasteiger partial charge in [0.15, 0.2) is 0 Å². The molecule has 1 atom stereocenters. The fraction of sp³-hybridized carbons (Fsp3) is 0.208. The lowest BCUT2D eigenvalue weighted by Gasteiger charge is -2.23. The highest BCUT2D eigenvalue weighted by Crippen LogP contribution is 2.35. The van der Waals surface area contributed by atoms with Crippen LogP contribution in [-0.2, 0) is 15.5 Å². The molecule has 0 aromatic heterocycles. The first kappa shape index (κ1) is 19.5. The van der Waals surface area contributed by atoms with E-state index in [1.807, 2.05) is 18.2 Å². The molecule has 0 radical (unpaired) electrons. The highest BCUT2D eigenvalue weighted by molar-refractivity contribution is 7.85. The number of amides is 1. The number of anilines is 1. The Morgan fingerprint density at radius 2 is 1.70 bits per heavy atom. The molecule has 1 amide bonds. The van der Waals surface area contributed by atoms with Crippen molar-refractivity contribution < 1.29 is 13.7 Å². The van der Waals surface area contributed by atoms with E-state index in [0.29, 0.717) is 31.9 Å². The zero-order valence-corrected chi connectivity index (χ0v) is 18.0. The van der Waals surface area contributed by atoms with Crippen molar-refractivity contribution in [2.45, 2.75) is 33.4 Å². The summed E-state index contributed by atoms with van der Waals surface area (Å²) >= 11 is 4.33. The molecule has 30 heavy (non-hydrogen) atoms. The number of hydrogen-bond acceptors (Lipinski definition) is 4. The van der Waals surface area contributed by atoms with Crippen LogP contribution < -0.4 is 5.32 Å². The first-order chi connectivity index (χ1) is 14.6. The maximum absolute atomic E-state index is 13.2. The zero-order valence-electron chi connectivity index (χ0n) is 16.3. The fourth-order valence-electron chi connectivity index (χ4n) is 4.14. The van der Waals surface area contributed by atoms with Crippen molar-refractivity contribution in [3.63, 3.8) is 0 Å². The molecule has 3 aromatic carbocycles. The largest absolute Gasteiger partial charge is 0.381 e. The van der Waals surface area contributed by atoms with Gasteiger partial charge in [0, 0.05) is 18.1 Å². The smallest absolute Gasteiger partial charge is 0.256 e. The number of fused-ring (bicyclic) bond motifs is 2. The Morgan fingerprint density at radius 3 is 2.53 bits per heavy atom. The van der Waals surface area contributed by atoms with E-state index >= 15 is 0 Å². The molecule has 5 rings (SSSR count). The number of thiol groups is 1. The Morgan fingerprint density at radius 1 is 0.933 bits per heavy atom. The molecule has 0 spiro atoms. The molecule has 3 aromatic rings. The van der Waals surface area contributed by atoms with Gasteiger partial charge in [-0.25, -0.2) is 4.21 Å². The molecule has 152 valence electrons. The number of rotatable bonds is 2. The molecular weight excluding hydrogens is 414 g/mol. The number of carbonyl (C=O) groups is 1. The molecule has 1 saturated heterocycles. The lowest BCUT2D eigenvalue weighted by Crippen LogP contribution is -2.14. The van der Waals surface area contributed by atoms with Crippen molar-refractivity contribution in [2.75, 3.05) is 18.5 Å². The van der Waals surface area contributed by atoms with E-state index in [-0.39, 0.29) is 5.91 Å². The SMILES string of the molecule is O=C1Nc2cc(S)ccc2S(=O)c2ccc(-c3cccc(C4CCOCC4)c3)cc21. The quantitative estimate of drug-likeness (QED) is 0.539. The van der Waals surface area contributed by atoms with Gasteiger partial charge < -0.3 is 10.1 Å². The second-order valence-corrected chi connectivity index (χ2v) is 9.56. The van der Waals surface area contributed by atoms with Gasteiger partial charge in [-0.3, -0.25) is 4.79 Å². The van der Waals surface area contributed by atoms with Gasteiger partial charge >= 0.3 is 0 Å². The third-order valence-electron chi connectivity index (χ3n) is 5.75. The Labute approximate surface area is 183 Å². The minimum atomic E-state index is -1.44. The molecule has 2 aliphatic rings. The van der Waals surface area contributed by atoms with Crippen molar-refractivity contribution in [1.29, 1.82) is 0 Å². The van der Waals surface area contributed by atoms with Crippen LogP contribution in [0.5, 0.6) is 0 Å². The summed E-state index contributed by atoms with van der Waals surface area (Å²) in [6.07, 6.45) is 2.06. The van der Waals surface area contributed by atoms with Crippen molar-refractivity contribution in [1.82, 2.24) is 0 Å². The van der Waals surface area contributed by atoms with Gasteiger partial charge in [-0.05, 0) is 65.8 Å². The number of ether oxygens (including phenoxy) is 1. The molecule has 1 N–H and O–H groups in total. The van der Waals surface area contributed by atoms with Crippen molar-refractivity contribution >= 4 is 35.0 Å². The standard InChI is InChI=1S/C24H21NO3S2/c26-24-20-13-18(17-3-1-2-16(12-17)15-8-10-28-11-9-15)4-6-22(20)30(27)23-7-5-19(29)14-21(23)25-24/h1-7,12-15,29H,8-11H2,(H,25,26). The molecular formula is C24H21NO3S2. The van der Waals surface area contributed by atoms with Crippen LogP contribution in [0.15, 0.2) is 75.4 Å². The summed E-state index contributed by atoms with van der Waals surface area (Å²) < 4.78 is 18.7. The number of nitrogens with one attached hydrogen (secondary N) is 1. The molecule has 0 bridgehead atoms. The lowest BCUT2D eigenvalue weighted by atomic mass is 9.89. The Kier molecular flexibility index (Phi) is 5.23. The summed E-state index contributed by atoms with van der Waals surface area (Å²) in [5, 5.41) is 2.90. The van der Waals surface area contributed by atoms with Crippen LogP contribution in [-0.4, -0.2) is 23.3 Å². The van der Waals surface area contributed by atoms with Crippen LogP contribution >= 0.6 is 12.6 Å². The normalized spacial score (nSPS) is 18.8. The summed E-state index contributed by atoms with van der Waals surface area (Å²) in [5.74, 6) is 0.249. The second kappa shape index (κ2) is 8.02. The monoisotopic (exact) mass is 435 g/mol. The molecule has 1 fully saturated rings. The summed E-state index contributed by atoms with van der Waals surface area (Å²) in [5.41, 5.74) is 4.28. The third-order valence-corrected chi connectivity index (χ3v) is 7.54. The highest BCUT2D eigenvalue weighted by atomic mass is 32.2. The second-order valence-electron chi connectivity index (χ2n) is 7.63. The maximum atomic E-state index is 13.2.